The molecule has 122 heavy (non-hydrogen) atoms. The van der Waals surface area contributed by atoms with Crippen LogP contribution >= 0.6 is 23.2 Å². The van der Waals surface area contributed by atoms with Gasteiger partial charge in [-0.3, -0.25) is 73.3 Å². The monoisotopic (exact) mass is 1700 g/mol. The number of rotatable bonds is 19. The molecule has 2 aromatic heterocycles. The number of hydrogen-bond acceptors (Lipinski definition) is 25. The fourth-order valence-corrected chi connectivity index (χ4v) is 22.6. The molecule has 10 heterocycles. The summed E-state index contributed by atoms with van der Waals surface area (Å²) in [4.78, 5) is 169. The third-order valence-electron chi connectivity index (χ3n) is 28.2. The fraction of sp³-hybridized carbons (Fsp3) is 0.505. The van der Waals surface area contributed by atoms with E-state index in [1.54, 1.807) is 85.5 Å². The Kier molecular flexibility index (Phi) is 23.7. The summed E-state index contributed by atoms with van der Waals surface area (Å²) in [5.41, 5.74) is 3.80. The van der Waals surface area contributed by atoms with Crippen LogP contribution in [0.4, 0.5) is 23.3 Å². The molecule has 638 valence electrons. The van der Waals surface area contributed by atoms with E-state index in [2.05, 4.69) is 118 Å². The first-order chi connectivity index (χ1) is 57.7. The zero-order valence-electron chi connectivity index (χ0n) is 69.0. The molecule has 6 aromatic rings. The lowest BCUT2D eigenvalue weighted by molar-refractivity contribution is -0.196. The maximum atomic E-state index is 13.6. The molecule has 29 nitrogen and oxygen atoms in total. The van der Waals surface area contributed by atoms with Crippen LogP contribution in [0.15, 0.2) is 97.6 Å². The topological polar surface area (TPSA) is 364 Å². The summed E-state index contributed by atoms with van der Waals surface area (Å²) < 4.78 is 12.7. The Hall–Kier alpha value is -11.1. The SMILES string of the molecule is C.CC1(C)C(CC(=O)c2cnc(N3C[C@H]4C[C@@H]3C[C@H]4C=O)nc2)C(C)(C)C1Oc1ccc(C#N)c(Cl)c1.CC1(C)C(CC(=O)c2cnc(N3C[C@H]4C[C@@H]3C[C@H]4CN3CCN(c4ccc5c(c4)C(=O)N(C4CCC(=O)NC4=O)C5=O)CC3)nc2)C(C)(C)C1Oc1ccc(C#N)c(Cl)c1.O=C1CCC(N2C(=O)c3ccc(N4CCNCC4)cc3C2=O)C(=O)N1. The third-order valence-corrected chi connectivity index (χ3v) is 28.8. The summed E-state index contributed by atoms with van der Waals surface area (Å²) in [7, 11) is 0. The highest BCUT2D eigenvalue weighted by Gasteiger charge is 2.65. The molecule has 4 saturated carbocycles. The predicted octanol–water partition coefficient (Wildman–Crippen LogP) is 10.4. The average molecular weight is 1700 g/mol. The summed E-state index contributed by atoms with van der Waals surface area (Å²) >= 11 is 12.5. The van der Waals surface area contributed by atoms with Crippen molar-refractivity contribution in [1.29, 1.82) is 10.5 Å². The van der Waals surface area contributed by atoms with Gasteiger partial charge in [-0.05, 0) is 129 Å². The van der Waals surface area contributed by atoms with Gasteiger partial charge < -0.3 is 39.2 Å². The van der Waals surface area contributed by atoms with Crippen molar-refractivity contribution in [2.75, 3.05) is 91.6 Å². The molecule has 8 atom stereocenters. The Morgan fingerprint density at radius 3 is 1.32 bits per heavy atom. The number of fused-ring (bicyclic) bond motifs is 6. The number of nitriles is 2. The zero-order chi connectivity index (χ0) is 85.6. The summed E-state index contributed by atoms with van der Waals surface area (Å²) in [6, 6.07) is 23.7. The number of benzene rings is 4. The van der Waals surface area contributed by atoms with E-state index in [-0.39, 0.29) is 102 Å². The molecule has 2 unspecified atom stereocenters. The van der Waals surface area contributed by atoms with Crippen molar-refractivity contribution in [3.05, 3.63) is 152 Å². The number of ether oxygens (including phenoxy) is 2. The van der Waals surface area contributed by atoms with Crippen LogP contribution in [0.3, 0.4) is 0 Å². The number of nitrogens with one attached hydrogen (secondary N) is 3. The highest BCUT2D eigenvalue weighted by atomic mass is 35.5. The minimum Gasteiger partial charge on any atom is -0.489 e. The molecule has 18 rings (SSSR count). The quantitative estimate of drug-likeness (QED) is 0.0385. The predicted molar refractivity (Wildman–Crippen MR) is 453 cm³/mol. The second kappa shape index (κ2) is 33.6. The van der Waals surface area contributed by atoms with Crippen molar-refractivity contribution < 1.29 is 62.2 Å². The molecule has 4 bridgehead atoms. The molecule has 10 fully saturated rings. The first kappa shape index (κ1) is 85.9. The second-order valence-electron chi connectivity index (χ2n) is 36.7. The van der Waals surface area contributed by atoms with Crippen LogP contribution in [0.5, 0.6) is 11.5 Å². The minimum atomic E-state index is -0.979. The number of Topliss-reactive ketones (excluding diaryl/α,β-unsaturated/α-hetero) is 2. The third kappa shape index (κ3) is 15.8. The number of nitrogens with zero attached hydrogens (tertiary/aromatic N) is 13. The molecule has 4 aromatic carbocycles. The number of piperidine rings is 4. The van der Waals surface area contributed by atoms with Crippen LogP contribution in [0.1, 0.15) is 200 Å². The van der Waals surface area contributed by atoms with Gasteiger partial charge in [0, 0.05) is 186 Å². The van der Waals surface area contributed by atoms with Gasteiger partial charge in [-0.15, -0.1) is 0 Å². The average Bonchev–Trinajstić information content (AvgIpc) is 1.15. The van der Waals surface area contributed by atoms with Crippen LogP contribution in [-0.2, 0) is 24.0 Å². The maximum absolute atomic E-state index is 13.6. The van der Waals surface area contributed by atoms with Crippen molar-refractivity contribution >= 4 is 112 Å². The molecule has 0 spiro atoms. The van der Waals surface area contributed by atoms with Crippen LogP contribution in [0, 0.1) is 79.8 Å². The normalized spacial score (nSPS) is 27.3. The van der Waals surface area contributed by atoms with Gasteiger partial charge in [-0.1, -0.05) is 86.0 Å². The molecule has 0 radical (unpaired) electrons. The van der Waals surface area contributed by atoms with Crippen LogP contribution in [0.2, 0.25) is 10.0 Å². The van der Waals surface area contributed by atoms with E-state index >= 15 is 0 Å². The number of anilines is 4. The van der Waals surface area contributed by atoms with Gasteiger partial charge in [0.2, 0.25) is 35.5 Å². The lowest BCUT2D eigenvalue weighted by Crippen LogP contribution is -2.66. The lowest BCUT2D eigenvalue weighted by Gasteiger charge is -2.63. The molecule has 8 amide bonds. The van der Waals surface area contributed by atoms with E-state index in [4.69, 9.17) is 47.9 Å². The Morgan fingerprint density at radius 1 is 0.525 bits per heavy atom. The van der Waals surface area contributed by atoms with Gasteiger partial charge in [0.05, 0.1) is 54.6 Å². The summed E-state index contributed by atoms with van der Waals surface area (Å²) in [6.07, 6.45) is 12.8. The number of imide groups is 4. The van der Waals surface area contributed by atoms with Gasteiger partial charge in [-0.2, -0.15) is 10.5 Å². The molecule has 4 aliphatic carbocycles. The number of carbonyl (C=O) groups is 11. The first-order valence-electron chi connectivity index (χ1n) is 41.8. The molecule has 8 aliphatic heterocycles. The molecular weight excluding hydrogens is 1600 g/mol. The Balaban J connectivity index is 0.000000157. The summed E-state index contributed by atoms with van der Waals surface area (Å²) in [6.45, 7) is 26.5. The maximum Gasteiger partial charge on any atom is 0.262 e. The van der Waals surface area contributed by atoms with Crippen molar-refractivity contribution in [1.82, 2.24) is 50.6 Å². The van der Waals surface area contributed by atoms with Crippen molar-refractivity contribution in [2.45, 2.75) is 163 Å². The highest BCUT2D eigenvalue weighted by Crippen LogP contribution is 2.63. The smallest absolute Gasteiger partial charge is 0.262 e. The number of ketones is 2. The number of amides is 8. The van der Waals surface area contributed by atoms with Crippen molar-refractivity contribution in [3.63, 3.8) is 0 Å². The van der Waals surface area contributed by atoms with Gasteiger partial charge in [0.15, 0.2) is 11.6 Å². The van der Waals surface area contributed by atoms with Crippen LogP contribution in [-0.4, -0.2) is 208 Å². The van der Waals surface area contributed by atoms with E-state index in [0.29, 0.717) is 121 Å². The number of carbonyl (C=O) groups excluding carboxylic acids is 11. The standard InChI is InChI=1S/C45H49ClN8O6.C28H31ClN4O3.C17H18N4O4.CH4/c1-44(2)37(45(3,4)42(44)60-31-7-5-25(20-47)34(46)18-31)19-36(55)28-21-48-43(49-22-28)53-24-27-16-30(53)15-26(27)23-51-11-13-52(14-12-51)29-6-8-32-33(17-29)41(59)54(40(32)58)35-9-10-38(56)50-39(35)57;1-27(2)24(28(3,4)25(27)36-21-6-5-16(11-30)22(29)9-21)10-23(35)19-12-31-26(32-13-19)33-14-17-7-20(33)8-18(17)15-34;22-14-4-3-13(15(23)19-14)21-16(24)11-2-1-10(9-12(11)17(21)25)20-7-5-18-6-8-20;/h5-8,17-18,21-22,26-27,30,35,37,42H,9-16,19,23-24H2,1-4H3,(H,50,56,57);5-6,9,12-13,15,17-18,20,24-25H,7-8,10,14H2,1-4H3;1-2,9,13,18H,3-8H2,(H,19,22,23);1H4/t26-,27+,30-,35?,37?,42?;17-,18+,20-,24?,25?;;/m01../s1. The number of halogens is 2. The van der Waals surface area contributed by atoms with E-state index in [9.17, 15) is 58.0 Å². The van der Waals surface area contributed by atoms with Gasteiger partial charge in [0.25, 0.3) is 23.6 Å². The Morgan fingerprint density at radius 2 is 0.934 bits per heavy atom. The minimum absolute atomic E-state index is 0. The van der Waals surface area contributed by atoms with E-state index < -0.39 is 53.4 Å². The number of piperazine rings is 2. The highest BCUT2D eigenvalue weighted by molar-refractivity contribution is 6.32. The van der Waals surface area contributed by atoms with Crippen molar-refractivity contribution in [2.24, 2.45) is 57.2 Å². The molecule has 6 saturated heterocycles. The summed E-state index contributed by atoms with van der Waals surface area (Å²) in [5, 5.41) is 26.8. The molecule has 12 aliphatic rings. The molecule has 3 N–H and O–H groups in total. The van der Waals surface area contributed by atoms with Crippen LogP contribution < -0.4 is 45.0 Å². The largest absolute Gasteiger partial charge is 0.489 e. The summed E-state index contributed by atoms with van der Waals surface area (Å²) in [5.74, 6) is 0.543. The van der Waals surface area contributed by atoms with Crippen LogP contribution in [0.25, 0.3) is 0 Å². The number of aldehydes is 1. The molecular formula is C91H102Cl2N16O13. The van der Waals surface area contributed by atoms with Gasteiger partial charge in [0.1, 0.15) is 54.2 Å². The number of hydrogen-bond donors (Lipinski definition) is 3. The Bertz CT molecular complexity index is 5290. The number of aromatic nitrogens is 4. The fourth-order valence-electron chi connectivity index (χ4n) is 22.1. The van der Waals surface area contributed by atoms with E-state index in [0.717, 1.165) is 125 Å². The second-order valence-corrected chi connectivity index (χ2v) is 37.5. The first-order valence-corrected chi connectivity index (χ1v) is 42.6. The van der Waals surface area contributed by atoms with Crippen molar-refractivity contribution in [3.8, 4) is 23.6 Å². The van der Waals surface area contributed by atoms with Gasteiger partial charge in [-0.25, -0.2) is 19.9 Å². The Labute approximate surface area is 718 Å². The van der Waals surface area contributed by atoms with E-state index in [1.807, 2.05) is 12.1 Å². The van der Waals surface area contributed by atoms with Gasteiger partial charge >= 0.3 is 0 Å². The van der Waals surface area contributed by atoms with E-state index in [1.165, 1.54) is 0 Å². The lowest BCUT2D eigenvalue weighted by atomic mass is 9.44. The molecule has 31 heteroatoms. The zero-order valence-corrected chi connectivity index (χ0v) is 70.5.